The molecule has 0 aliphatic carbocycles. The number of halogens is 2. The summed E-state index contributed by atoms with van der Waals surface area (Å²) in [6.07, 6.45) is 0.137. The van der Waals surface area contributed by atoms with Crippen molar-refractivity contribution >= 4 is 11.6 Å². The number of ether oxygens (including phenoxy) is 1. The van der Waals surface area contributed by atoms with Gasteiger partial charge < -0.3 is 10.5 Å². The molecule has 0 bridgehead atoms. The van der Waals surface area contributed by atoms with Gasteiger partial charge in [-0.3, -0.25) is 0 Å². The van der Waals surface area contributed by atoms with E-state index >= 15 is 0 Å². The van der Waals surface area contributed by atoms with Crippen LogP contribution < -0.4 is 10.5 Å². The highest BCUT2D eigenvalue weighted by Crippen LogP contribution is 2.40. The van der Waals surface area contributed by atoms with Crippen LogP contribution in [-0.4, -0.2) is 0 Å². The average Bonchev–Trinajstić information content (AvgIpc) is 2.41. The van der Waals surface area contributed by atoms with Gasteiger partial charge in [0.25, 0.3) is 0 Å². The van der Waals surface area contributed by atoms with E-state index in [0.29, 0.717) is 22.8 Å². The predicted octanol–water partition coefficient (Wildman–Crippen LogP) is 4.00. The summed E-state index contributed by atoms with van der Waals surface area (Å²) in [5.74, 6) is 0.395. The van der Waals surface area contributed by atoms with E-state index in [9.17, 15) is 4.39 Å². The quantitative estimate of drug-likeness (QED) is 0.855. The van der Waals surface area contributed by atoms with E-state index in [1.807, 2.05) is 24.3 Å². The van der Waals surface area contributed by atoms with E-state index in [1.54, 1.807) is 6.07 Å². The van der Waals surface area contributed by atoms with E-state index in [-0.39, 0.29) is 11.9 Å². The molecule has 0 fully saturated rings. The van der Waals surface area contributed by atoms with Gasteiger partial charge in [-0.25, -0.2) is 4.39 Å². The zero-order valence-corrected chi connectivity index (χ0v) is 10.9. The van der Waals surface area contributed by atoms with Gasteiger partial charge in [0, 0.05) is 28.6 Å². The molecule has 0 aromatic heterocycles. The fourth-order valence-corrected chi connectivity index (χ4v) is 2.59. The monoisotopic (exact) mass is 277 g/mol. The zero-order valence-electron chi connectivity index (χ0n) is 10.1. The average molecular weight is 278 g/mol. The maximum absolute atomic E-state index is 13.9. The second-order valence-electron chi connectivity index (χ2n) is 4.65. The standard InChI is InChI=1S/C15H13ClFNO/c16-9-5-6-12(17)11(7-9)15-8-13(18)10-3-1-2-4-14(10)19-15/h1-7,13,15H,8,18H2/t13-,15?/m0/s1. The number of nitrogens with two attached hydrogens (primary N) is 1. The van der Waals surface area contributed by atoms with Crippen molar-refractivity contribution in [1.29, 1.82) is 0 Å². The summed E-state index contributed by atoms with van der Waals surface area (Å²) in [6.45, 7) is 0. The van der Waals surface area contributed by atoms with Crippen LogP contribution in [0.2, 0.25) is 5.02 Å². The molecule has 0 radical (unpaired) electrons. The fraction of sp³-hybridized carbons (Fsp3) is 0.200. The van der Waals surface area contributed by atoms with Gasteiger partial charge in [0.05, 0.1) is 0 Å². The van der Waals surface area contributed by atoms with Gasteiger partial charge in [-0.2, -0.15) is 0 Å². The molecule has 1 aliphatic rings. The lowest BCUT2D eigenvalue weighted by Gasteiger charge is -2.30. The molecular formula is C15H13ClFNO. The first-order chi connectivity index (χ1) is 9.15. The minimum Gasteiger partial charge on any atom is -0.485 e. The predicted molar refractivity (Wildman–Crippen MR) is 72.8 cm³/mol. The Morgan fingerprint density at radius 2 is 1.95 bits per heavy atom. The van der Waals surface area contributed by atoms with Crippen LogP contribution in [0.1, 0.15) is 29.7 Å². The summed E-state index contributed by atoms with van der Waals surface area (Å²) in [4.78, 5) is 0. The lowest BCUT2D eigenvalue weighted by atomic mass is 9.93. The molecule has 0 amide bonds. The van der Waals surface area contributed by atoms with Gasteiger partial charge in [0.2, 0.25) is 0 Å². The molecule has 0 spiro atoms. The maximum atomic E-state index is 13.9. The number of hydrogen-bond acceptors (Lipinski definition) is 2. The minimum absolute atomic E-state index is 0.159. The van der Waals surface area contributed by atoms with Crippen molar-refractivity contribution in [3.05, 3.63) is 64.4 Å². The maximum Gasteiger partial charge on any atom is 0.130 e. The molecule has 0 saturated heterocycles. The van der Waals surface area contributed by atoms with Gasteiger partial charge in [-0.05, 0) is 24.3 Å². The smallest absolute Gasteiger partial charge is 0.130 e. The van der Waals surface area contributed by atoms with E-state index < -0.39 is 6.10 Å². The highest BCUT2D eigenvalue weighted by atomic mass is 35.5. The van der Waals surface area contributed by atoms with E-state index in [4.69, 9.17) is 22.1 Å². The van der Waals surface area contributed by atoms with E-state index in [1.165, 1.54) is 12.1 Å². The minimum atomic E-state index is -0.399. The molecule has 98 valence electrons. The Hall–Kier alpha value is -1.58. The largest absolute Gasteiger partial charge is 0.485 e. The Labute approximate surface area is 115 Å². The molecule has 2 aromatic carbocycles. The molecule has 4 heteroatoms. The first-order valence-corrected chi connectivity index (χ1v) is 6.49. The van der Waals surface area contributed by atoms with Crippen molar-refractivity contribution in [1.82, 2.24) is 0 Å². The van der Waals surface area contributed by atoms with Crippen molar-refractivity contribution < 1.29 is 9.13 Å². The van der Waals surface area contributed by atoms with Crippen LogP contribution in [0, 0.1) is 5.82 Å². The normalized spacial score (nSPS) is 21.6. The van der Waals surface area contributed by atoms with Crippen molar-refractivity contribution in [3.63, 3.8) is 0 Å². The Morgan fingerprint density at radius 1 is 1.16 bits per heavy atom. The Kier molecular flexibility index (Phi) is 3.17. The van der Waals surface area contributed by atoms with Gasteiger partial charge in [0.1, 0.15) is 17.7 Å². The molecule has 2 nitrogen and oxygen atoms in total. The number of fused-ring (bicyclic) bond motifs is 1. The molecule has 3 rings (SSSR count). The van der Waals surface area contributed by atoms with Crippen LogP contribution in [-0.2, 0) is 0 Å². The zero-order chi connectivity index (χ0) is 13.4. The molecular weight excluding hydrogens is 265 g/mol. The van der Waals surface area contributed by atoms with Gasteiger partial charge in [-0.15, -0.1) is 0 Å². The van der Waals surface area contributed by atoms with Crippen molar-refractivity contribution in [2.75, 3.05) is 0 Å². The van der Waals surface area contributed by atoms with Crippen molar-refractivity contribution in [2.45, 2.75) is 18.6 Å². The highest BCUT2D eigenvalue weighted by molar-refractivity contribution is 6.30. The topological polar surface area (TPSA) is 35.2 Å². The molecule has 1 heterocycles. The molecule has 2 N–H and O–H groups in total. The summed E-state index contributed by atoms with van der Waals surface area (Å²) in [6, 6.07) is 11.9. The van der Waals surface area contributed by atoms with Crippen LogP contribution >= 0.6 is 11.6 Å². The summed E-state index contributed by atoms with van der Waals surface area (Å²) in [7, 11) is 0. The van der Waals surface area contributed by atoms with E-state index in [0.717, 1.165) is 5.56 Å². The van der Waals surface area contributed by atoms with Gasteiger partial charge in [-0.1, -0.05) is 29.8 Å². The van der Waals surface area contributed by atoms with Crippen molar-refractivity contribution in [2.24, 2.45) is 5.73 Å². The number of para-hydroxylation sites is 1. The number of rotatable bonds is 1. The molecule has 19 heavy (non-hydrogen) atoms. The van der Waals surface area contributed by atoms with Crippen LogP contribution in [0.25, 0.3) is 0 Å². The van der Waals surface area contributed by atoms with Crippen LogP contribution in [0.5, 0.6) is 5.75 Å². The van der Waals surface area contributed by atoms with E-state index in [2.05, 4.69) is 0 Å². The molecule has 1 unspecified atom stereocenters. The van der Waals surface area contributed by atoms with Gasteiger partial charge in [0.15, 0.2) is 0 Å². The summed E-state index contributed by atoms with van der Waals surface area (Å²) in [5.41, 5.74) is 7.54. The third-order valence-electron chi connectivity index (χ3n) is 3.36. The molecule has 2 aromatic rings. The number of benzene rings is 2. The SMILES string of the molecule is N[C@H]1CC(c2cc(Cl)ccc2F)Oc2ccccc21. The third kappa shape index (κ3) is 2.31. The Morgan fingerprint density at radius 3 is 2.79 bits per heavy atom. The fourth-order valence-electron chi connectivity index (χ4n) is 2.40. The first kappa shape index (κ1) is 12.5. The lowest BCUT2D eigenvalue weighted by molar-refractivity contribution is 0.157. The second-order valence-corrected chi connectivity index (χ2v) is 5.09. The van der Waals surface area contributed by atoms with Gasteiger partial charge >= 0.3 is 0 Å². The highest BCUT2D eigenvalue weighted by Gasteiger charge is 2.28. The number of hydrogen-bond donors (Lipinski definition) is 1. The van der Waals surface area contributed by atoms with Crippen LogP contribution in [0.15, 0.2) is 42.5 Å². The second kappa shape index (κ2) is 4.83. The summed E-state index contributed by atoms with van der Waals surface area (Å²) < 4.78 is 19.7. The Balaban J connectivity index is 1.99. The third-order valence-corrected chi connectivity index (χ3v) is 3.60. The molecule has 0 saturated carbocycles. The summed E-state index contributed by atoms with van der Waals surface area (Å²) >= 11 is 5.92. The molecule has 1 aliphatic heterocycles. The first-order valence-electron chi connectivity index (χ1n) is 6.11. The van der Waals surface area contributed by atoms with Crippen molar-refractivity contribution in [3.8, 4) is 5.75 Å². The Bertz CT molecular complexity index is 617. The van der Waals surface area contributed by atoms with Crippen LogP contribution in [0.3, 0.4) is 0 Å². The molecule has 2 atom stereocenters. The summed E-state index contributed by atoms with van der Waals surface area (Å²) in [5, 5.41) is 0.493. The lowest BCUT2D eigenvalue weighted by Crippen LogP contribution is -2.24. The van der Waals surface area contributed by atoms with Crippen LogP contribution in [0.4, 0.5) is 4.39 Å².